The lowest BCUT2D eigenvalue weighted by molar-refractivity contribution is -0.118. The van der Waals surface area contributed by atoms with Crippen molar-refractivity contribution in [1.29, 1.82) is 0 Å². The van der Waals surface area contributed by atoms with E-state index in [4.69, 9.17) is 4.98 Å². The van der Waals surface area contributed by atoms with Crippen LogP contribution in [0.1, 0.15) is 67.3 Å². The average Bonchev–Trinajstić information content (AvgIpc) is 3.41. The van der Waals surface area contributed by atoms with Gasteiger partial charge in [-0.3, -0.25) is 9.59 Å². The molecule has 0 radical (unpaired) electrons. The number of nitrogens with one attached hydrogen (secondary N) is 2. The number of carbonyl (C=O) groups excluding carboxylic acids is 2. The van der Waals surface area contributed by atoms with Crippen LogP contribution >= 0.6 is 0 Å². The van der Waals surface area contributed by atoms with Gasteiger partial charge in [-0.05, 0) is 69.5 Å². The Balaban J connectivity index is 1.27. The molecule has 2 amide bonds. The van der Waals surface area contributed by atoms with Crippen LogP contribution in [-0.4, -0.2) is 72.5 Å². The first-order valence-corrected chi connectivity index (χ1v) is 13.8. The number of benzene rings is 1. The SMILES string of the molecule is Cc1cc(C(=O)NCCN2CCCCC2)ccc1Nc1ncc2c(n1)N(C1CCCC1)CCC(=O)N2C. The van der Waals surface area contributed by atoms with Gasteiger partial charge in [-0.15, -0.1) is 0 Å². The van der Waals surface area contributed by atoms with Gasteiger partial charge in [-0.25, -0.2) is 4.98 Å². The molecule has 9 nitrogen and oxygen atoms in total. The van der Waals surface area contributed by atoms with Crippen LogP contribution in [-0.2, 0) is 4.79 Å². The number of anilines is 4. The lowest BCUT2D eigenvalue weighted by atomic mass is 10.1. The monoisotopic (exact) mass is 505 g/mol. The first-order chi connectivity index (χ1) is 18.0. The predicted octanol–water partition coefficient (Wildman–Crippen LogP) is 3.86. The van der Waals surface area contributed by atoms with Crippen molar-refractivity contribution in [2.45, 2.75) is 64.3 Å². The highest BCUT2D eigenvalue weighted by atomic mass is 16.2. The van der Waals surface area contributed by atoms with Gasteiger partial charge in [0.1, 0.15) is 5.69 Å². The standard InChI is InChI=1S/C28H39N7O2/c1-20-18-21(27(37)29-13-17-34-14-6-3-7-15-34)10-11-23(20)31-28-30-19-24-26(32-28)35(22-8-4-5-9-22)16-12-25(36)33(24)2/h10-11,18-19,22H,3-9,12-17H2,1-2H3,(H,29,37)(H,30,31,32). The average molecular weight is 506 g/mol. The maximum Gasteiger partial charge on any atom is 0.251 e. The Kier molecular flexibility index (Phi) is 7.88. The van der Waals surface area contributed by atoms with Crippen molar-refractivity contribution >= 4 is 35.0 Å². The van der Waals surface area contributed by atoms with Crippen molar-refractivity contribution in [3.05, 3.63) is 35.5 Å². The lowest BCUT2D eigenvalue weighted by Crippen LogP contribution is -2.37. The molecule has 37 heavy (non-hydrogen) atoms. The molecule has 198 valence electrons. The molecule has 0 spiro atoms. The molecule has 2 aromatic rings. The van der Waals surface area contributed by atoms with E-state index >= 15 is 0 Å². The van der Waals surface area contributed by atoms with Crippen LogP contribution in [0.4, 0.5) is 23.1 Å². The second-order valence-corrected chi connectivity index (χ2v) is 10.5. The minimum absolute atomic E-state index is 0.0483. The minimum atomic E-state index is -0.0483. The first-order valence-electron chi connectivity index (χ1n) is 13.8. The molecule has 0 atom stereocenters. The van der Waals surface area contributed by atoms with Crippen LogP contribution in [0.5, 0.6) is 0 Å². The number of hydrogen-bond donors (Lipinski definition) is 2. The highest BCUT2D eigenvalue weighted by Gasteiger charge is 2.31. The molecule has 1 saturated heterocycles. The number of aryl methyl sites for hydroxylation is 1. The summed E-state index contributed by atoms with van der Waals surface area (Å²) >= 11 is 0. The van der Waals surface area contributed by atoms with E-state index in [1.807, 2.05) is 25.1 Å². The Morgan fingerprint density at radius 3 is 2.62 bits per heavy atom. The Labute approximate surface area is 219 Å². The number of amides is 2. The quantitative estimate of drug-likeness (QED) is 0.590. The van der Waals surface area contributed by atoms with Crippen molar-refractivity contribution in [2.75, 3.05) is 54.9 Å². The van der Waals surface area contributed by atoms with Crippen LogP contribution < -0.4 is 20.4 Å². The maximum atomic E-state index is 12.7. The summed E-state index contributed by atoms with van der Waals surface area (Å²) in [5.41, 5.74) is 3.21. The number of fused-ring (bicyclic) bond motifs is 1. The zero-order valence-electron chi connectivity index (χ0n) is 22.1. The fraction of sp³-hybridized carbons (Fsp3) is 0.571. The van der Waals surface area contributed by atoms with Gasteiger partial charge >= 0.3 is 0 Å². The maximum absolute atomic E-state index is 12.7. The highest BCUT2D eigenvalue weighted by Crippen LogP contribution is 2.36. The van der Waals surface area contributed by atoms with Crippen molar-refractivity contribution < 1.29 is 9.59 Å². The van der Waals surface area contributed by atoms with Gasteiger partial charge in [0.25, 0.3) is 5.91 Å². The summed E-state index contributed by atoms with van der Waals surface area (Å²) < 4.78 is 0. The lowest BCUT2D eigenvalue weighted by Gasteiger charge is -2.30. The normalized spacial score (nSPS) is 19.0. The smallest absolute Gasteiger partial charge is 0.251 e. The number of nitrogens with zero attached hydrogens (tertiary/aromatic N) is 5. The Hall–Kier alpha value is -3.20. The summed E-state index contributed by atoms with van der Waals surface area (Å²) in [6.45, 7) is 6.48. The molecule has 1 aromatic heterocycles. The second-order valence-electron chi connectivity index (χ2n) is 10.5. The molecule has 2 N–H and O–H groups in total. The molecule has 2 aliphatic heterocycles. The van der Waals surface area contributed by atoms with Crippen molar-refractivity contribution in [3.63, 3.8) is 0 Å². The van der Waals surface area contributed by atoms with E-state index in [1.165, 1.54) is 32.1 Å². The van der Waals surface area contributed by atoms with E-state index in [9.17, 15) is 9.59 Å². The molecule has 1 aromatic carbocycles. The van der Waals surface area contributed by atoms with E-state index in [0.717, 1.165) is 55.2 Å². The Morgan fingerprint density at radius 1 is 1.08 bits per heavy atom. The third kappa shape index (κ3) is 5.87. The van der Waals surface area contributed by atoms with Crippen LogP contribution in [0.3, 0.4) is 0 Å². The van der Waals surface area contributed by atoms with E-state index in [1.54, 1.807) is 18.1 Å². The summed E-state index contributed by atoms with van der Waals surface area (Å²) in [6, 6.07) is 6.06. The molecule has 9 heteroatoms. The third-order valence-electron chi connectivity index (χ3n) is 7.99. The van der Waals surface area contributed by atoms with Gasteiger partial charge in [0.2, 0.25) is 11.9 Å². The fourth-order valence-electron chi connectivity index (χ4n) is 5.75. The minimum Gasteiger partial charge on any atom is -0.351 e. The number of rotatable bonds is 7. The molecular weight excluding hydrogens is 466 g/mol. The van der Waals surface area contributed by atoms with E-state index in [0.29, 0.717) is 37.1 Å². The summed E-state index contributed by atoms with van der Waals surface area (Å²) in [7, 11) is 1.80. The number of piperidine rings is 1. The van der Waals surface area contributed by atoms with Gasteiger partial charge in [-0.2, -0.15) is 4.98 Å². The topological polar surface area (TPSA) is 93.7 Å². The van der Waals surface area contributed by atoms with Crippen LogP contribution in [0.15, 0.2) is 24.4 Å². The van der Waals surface area contributed by atoms with E-state index < -0.39 is 0 Å². The van der Waals surface area contributed by atoms with Crippen molar-refractivity contribution in [1.82, 2.24) is 20.2 Å². The summed E-state index contributed by atoms with van der Waals surface area (Å²) in [6.07, 6.45) is 10.7. The van der Waals surface area contributed by atoms with Gasteiger partial charge < -0.3 is 25.3 Å². The zero-order valence-corrected chi connectivity index (χ0v) is 22.1. The Bertz CT molecular complexity index is 1130. The van der Waals surface area contributed by atoms with Gasteiger partial charge in [0.05, 0.1) is 6.20 Å². The van der Waals surface area contributed by atoms with Crippen molar-refractivity contribution in [2.24, 2.45) is 0 Å². The number of hydrogen-bond acceptors (Lipinski definition) is 7. The van der Waals surface area contributed by atoms with Gasteiger partial charge in [0, 0.05) is 50.4 Å². The second kappa shape index (κ2) is 11.5. The third-order valence-corrected chi connectivity index (χ3v) is 7.99. The molecule has 1 saturated carbocycles. The largest absolute Gasteiger partial charge is 0.351 e. The van der Waals surface area contributed by atoms with Crippen LogP contribution in [0.2, 0.25) is 0 Å². The van der Waals surface area contributed by atoms with Gasteiger partial charge in [-0.1, -0.05) is 19.3 Å². The highest BCUT2D eigenvalue weighted by molar-refractivity contribution is 5.97. The Morgan fingerprint density at radius 2 is 1.86 bits per heavy atom. The van der Waals surface area contributed by atoms with Gasteiger partial charge in [0.15, 0.2) is 5.82 Å². The zero-order chi connectivity index (χ0) is 25.8. The molecule has 3 aliphatic rings. The number of aromatic nitrogens is 2. The molecule has 0 unspecified atom stereocenters. The summed E-state index contributed by atoms with van der Waals surface area (Å²) in [4.78, 5) is 41.1. The molecule has 0 bridgehead atoms. The van der Waals surface area contributed by atoms with Crippen molar-refractivity contribution in [3.8, 4) is 0 Å². The summed E-state index contributed by atoms with van der Waals surface area (Å²) in [5, 5.41) is 6.40. The predicted molar refractivity (Wildman–Crippen MR) is 147 cm³/mol. The molecule has 5 rings (SSSR count). The van der Waals surface area contributed by atoms with E-state index in [-0.39, 0.29) is 11.8 Å². The number of likely N-dealkylation sites (tertiary alicyclic amines) is 1. The summed E-state index contributed by atoms with van der Waals surface area (Å²) in [5.74, 6) is 1.35. The molecule has 1 aliphatic carbocycles. The molecule has 2 fully saturated rings. The molecule has 3 heterocycles. The molecular formula is C28H39N7O2. The van der Waals surface area contributed by atoms with Crippen LogP contribution in [0, 0.1) is 6.92 Å². The first kappa shape index (κ1) is 25.4. The fourth-order valence-corrected chi connectivity index (χ4v) is 5.75. The van der Waals surface area contributed by atoms with Crippen LogP contribution in [0.25, 0.3) is 0 Å². The van der Waals surface area contributed by atoms with E-state index in [2.05, 4.69) is 25.4 Å². The number of carbonyl (C=O) groups is 2.